The van der Waals surface area contributed by atoms with E-state index < -0.39 is 6.04 Å². The van der Waals surface area contributed by atoms with Crippen molar-refractivity contribution in [1.29, 1.82) is 0 Å². The Morgan fingerprint density at radius 2 is 1.94 bits per heavy atom. The van der Waals surface area contributed by atoms with Gasteiger partial charge in [0.15, 0.2) is 0 Å². The van der Waals surface area contributed by atoms with Crippen molar-refractivity contribution in [3.8, 4) is 0 Å². The Labute approximate surface area is 98.4 Å². The average Bonchev–Trinajstić information content (AvgIpc) is 2.54. The Morgan fingerprint density at radius 3 is 2.53 bits per heavy atom. The Balaban J connectivity index is 2.23. The molecule has 1 aliphatic rings. The molecule has 0 saturated carbocycles. The van der Waals surface area contributed by atoms with Gasteiger partial charge in [0.2, 0.25) is 11.8 Å². The van der Waals surface area contributed by atoms with Gasteiger partial charge in [0, 0.05) is 6.92 Å². The van der Waals surface area contributed by atoms with Crippen molar-refractivity contribution in [2.45, 2.75) is 19.4 Å². The fourth-order valence-corrected chi connectivity index (χ4v) is 1.84. The Hall–Kier alpha value is -2.17. The SMILES string of the molecule is CC(=O)N[C@H]1CC(=O)N(c2ccccc2)C1=O. The number of benzene rings is 1. The van der Waals surface area contributed by atoms with Crippen LogP contribution in [0.2, 0.25) is 0 Å². The smallest absolute Gasteiger partial charge is 0.256 e. The monoisotopic (exact) mass is 232 g/mol. The topological polar surface area (TPSA) is 66.5 Å². The predicted octanol–water partition coefficient (Wildman–Crippen LogP) is 0.455. The van der Waals surface area contributed by atoms with Crippen LogP contribution in [0.3, 0.4) is 0 Å². The van der Waals surface area contributed by atoms with E-state index in [1.165, 1.54) is 6.92 Å². The largest absolute Gasteiger partial charge is 0.344 e. The molecule has 0 aromatic heterocycles. The van der Waals surface area contributed by atoms with E-state index in [9.17, 15) is 14.4 Å². The van der Waals surface area contributed by atoms with Gasteiger partial charge in [-0.1, -0.05) is 18.2 Å². The summed E-state index contributed by atoms with van der Waals surface area (Å²) in [5, 5.41) is 2.47. The Morgan fingerprint density at radius 1 is 1.29 bits per heavy atom. The summed E-state index contributed by atoms with van der Waals surface area (Å²) in [7, 11) is 0. The number of amides is 3. The second kappa shape index (κ2) is 4.37. The van der Waals surface area contributed by atoms with Crippen LogP contribution in [0.5, 0.6) is 0 Å². The number of imide groups is 1. The number of anilines is 1. The van der Waals surface area contributed by atoms with Gasteiger partial charge in [-0.2, -0.15) is 0 Å². The van der Waals surface area contributed by atoms with Crippen LogP contribution in [-0.4, -0.2) is 23.8 Å². The van der Waals surface area contributed by atoms with E-state index in [-0.39, 0.29) is 24.1 Å². The van der Waals surface area contributed by atoms with Crippen LogP contribution in [0.1, 0.15) is 13.3 Å². The zero-order valence-electron chi connectivity index (χ0n) is 9.34. The fraction of sp³-hybridized carbons (Fsp3) is 0.250. The van der Waals surface area contributed by atoms with Gasteiger partial charge in [-0.15, -0.1) is 0 Å². The maximum atomic E-state index is 11.9. The van der Waals surface area contributed by atoms with Crippen molar-refractivity contribution in [2.24, 2.45) is 0 Å². The number of carbonyl (C=O) groups is 3. The first-order chi connectivity index (χ1) is 8.09. The molecule has 0 spiro atoms. The maximum absolute atomic E-state index is 11.9. The number of hydrogen-bond donors (Lipinski definition) is 1. The van der Waals surface area contributed by atoms with Crippen molar-refractivity contribution in [3.63, 3.8) is 0 Å². The van der Waals surface area contributed by atoms with Gasteiger partial charge in [0.25, 0.3) is 5.91 Å². The van der Waals surface area contributed by atoms with Crippen LogP contribution < -0.4 is 10.2 Å². The van der Waals surface area contributed by atoms with E-state index in [1.54, 1.807) is 30.3 Å². The number of hydrogen-bond acceptors (Lipinski definition) is 3. The van der Waals surface area contributed by atoms with Crippen LogP contribution in [0.4, 0.5) is 5.69 Å². The van der Waals surface area contributed by atoms with Crippen molar-refractivity contribution in [2.75, 3.05) is 4.90 Å². The molecule has 1 fully saturated rings. The van der Waals surface area contributed by atoms with Crippen LogP contribution in [-0.2, 0) is 14.4 Å². The molecule has 1 aliphatic heterocycles. The molecule has 5 nitrogen and oxygen atoms in total. The van der Waals surface area contributed by atoms with Gasteiger partial charge in [-0.3, -0.25) is 14.4 Å². The van der Waals surface area contributed by atoms with Crippen molar-refractivity contribution in [1.82, 2.24) is 5.32 Å². The van der Waals surface area contributed by atoms with Gasteiger partial charge < -0.3 is 5.32 Å². The quantitative estimate of drug-likeness (QED) is 0.753. The second-order valence-electron chi connectivity index (χ2n) is 3.86. The molecule has 1 aromatic carbocycles. The molecule has 88 valence electrons. The minimum Gasteiger partial charge on any atom is -0.344 e. The molecule has 3 amide bonds. The minimum atomic E-state index is -0.736. The lowest BCUT2D eigenvalue weighted by molar-refractivity contribution is -0.125. The van der Waals surface area contributed by atoms with E-state index in [2.05, 4.69) is 5.32 Å². The summed E-state index contributed by atoms with van der Waals surface area (Å²) in [6.07, 6.45) is 0.0211. The highest BCUT2D eigenvalue weighted by molar-refractivity contribution is 6.22. The zero-order valence-corrected chi connectivity index (χ0v) is 9.34. The number of nitrogens with zero attached hydrogens (tertiary/aromatic N) is 1. The first-order valence-corrected chi connectivity index (χ1v) is 5.28. The van der Waals surface area contributed by atoms with Gasteiger partial charge in [-0.25, -0.2) is 4.90 Å². The third-order valence-corrected chi connectivity index (χ3v) is 2.54. The molecule has 1 N–H and O–H groups in total. The highest BCUT2D eigenvalue weighted by Crippen LogP contribution is 2.22. The molecule has 2 rings (SSSR count). The summed E-state index contributed by atoms with van der Waals surface area (Å²) in [5.74, 6) is -0.984. The highest BCUT2D eigenvalue weighted by Gasteiger charge is 2.39. The molecule has 1 heterocycles. The van der Waals surface area contributed by atoms with Gasteiger partial charge in [0.1, 0.15) is 6.04 Å². The third kappa shape index (κ3) is 2.18. The Bertz CT molecular complexity index is 470. The lowest BCUT2D eigenvalue weighted by Crippen LogP contribution is -2.40. The molecule has 0 aliphatic carbocycles. The van der Waals surface area contributed by atoms with E-state index in [0.717, 1.165) is 4.90 Å². The van der Waals surface area contributed by atoms with E-state index in [1.807, 2.05) is 0 Å². The van der Waals surface area contributed by atoms with Crippen LogP contribution in [0, 0.1) is 0 Å². The fourth-order valence-electron chi connectivity index (χ4n) is 1.84. The van der Waals surface area contributed by atoms with Crippen molar-refractivity contribution < 1.29 is 14.4 Å². The average molecular weight is 232 g/mol. The lowest BCUT2D eigenvalue weighted by atomic mass is 10.2. The second-order valence-corrected chi connectivity index (χ2v) is 3.86. The summed E-state index contributed by atoms with van der Waals surface area (Å²) in [6, 6.07) is 7.95. The molecule has 0 radical (unpaired) electrons. The molecular weight excluding hydrogens is 220 g/mol. The lowest BCUT2D eigenvalue weighted by Gasteiger charge is -2.14. The van der Waals surface area contributed by atoms with Gasteiger partial charge >= 0.3 is 0 Å². The summed E-state index contributed by atoms with van der Waals surface area (Å²) in [5.41, 5.74) is 0.537. The summed E-state index contributed by atoms with van der Waals surface area (Å²) >= 11 is 0. The predicted molar refractivity (Wildman–Crippen MR) is 61.2 cm³/mol. The van der Waals surface area contributed by atoms with Crippen LogP contribution >= 0.6 is 0 Å². The molecule has 1 saturated heterocycles. The molecule has 0 bridgehead atoms. The van der Waals surface area contributed by atoms with Crippen LogP contribution in [0.25, 0.3) is 0 Å². The first kappa shape index (κ1) is 11.3. The van der Waals surface area contributed by atoms with Crippen molar-refractivity contribution >= 4 is 23.4 Å². The van der Waals surface area contributed by atoms with E-state index in [0.29, 0.717) is 5.69 Å². The zero-order chi connectivity index (χ0) is 12.4. The molecule has 0 unspecified atom stereocenters. The minimum absolute atomic E-state index is 0.0211. The summed E-state index contributed by atoms with van der Waals surface area (Å²) in [6.45, 7) is 1.32. The highest BCUT2D eigenvalue weighted by atomic mass is 16.2. The molecule has 1 atom stereocenters. The first-order valence-electron chi connectivity index (χ1n) is 5.28. The van der Waals surface area contributed by atoms with Gasteiger partial charge in [-0.05, 0) is 12.1 Å². The number of nitrogens with one attached hydrogen (secondary N) is 1. The van der Waals surface area contributed by atoms with E-state index >= 15 is 0 Å². The maximum Gasteiger partial charge on any atom is 0.256 e. The van der Waals surface area contributed by atoms with Gasteiger partial charge in [0.05, 0.1) is 12.1 Å². The standard InChI is InChI=1S/C12H12N2O3/c1-8(15)13-10-7-11(16)14(12(10)17)9-5-3-2-4-6-9/h2-6,10H,7H2,1H3,(H,13,15)/t10-/m0/s1. The molecule has 17 heavy (non-hydrogen) atoms. The third-order valence-electron chi connectivity index (χ3n) is 2.54. The normalized spacial score (nSPS) is 19.6. The number of carbonyl (C=O) groups excluding carboxylic acids is 3. The van der Waals surface area contributed by atoms with Crippen LogP contribution in [0.15, 0.2) is 30.3 Å². The number of rotatable bonds is 2. The Kier molecular flexibility index (Phi) is 2.91. The van der Waals surface area contributed by atoms with Crippen molar-refractivity contribution in [3.05, 3.63) is 30.3 Å². The molecular formula is C12H12N2O3. The summed E-state index contributed by atoms with van der Waals surface area (Å²) < 4.78 is 0. The number of para-hydroxylation sites is 1. The molecule has 1 aromatic rings. The molecule has 5 heteroatoms. The van der Waals surface area contributed by atoms with E-state index in [4.69, 9.17) is 0 Å². The summed E-state index contributed by atoms with van der Waals surface area (Å²) in [4.78, 5) is 35.7.